The number of carbonyl (C=O) groups is 1. The number of hydrogen-bond donors (Lipinski definition) is 1. The first-order valence-corrected chi connectivity index (χ1v) is 8.38. The van der Waals surface area contributed by atoms with E-state index in [-0.39, 0.29) is 5.56 Å². The number of nitrogens with two attached hydrogens (primary N) is 1. The summed E-state index contributed by atoms with van der Waals surface area (Å²) < 4.78 is 15.4. The monoisotopic (exact) mass is 345 g/mol. The zero-order chi connectivity index (χ0) is 18.7. The molecule has 1 aliphatic heterocycles. The van der Waals surface area contributed by atoms with E-state index < -0.39 is 24.2 Å². The van der Waals surface area contributed by atoms with E-state index in [0.29, 0.717) is 28.6 Å². The molecule has 1 fully saturated rings. The van der Waals surface area contributed by atoms with Crippen LogP contribution in [-0.2, 0) is 22.9 Å². The van der Waals surface area contributed by atoms with Crippen LogP contribution in [0.3, 0.4) is 0 Å². The minimum Gasteiger partial charge on any atom is -0.399 e. The van der Waals surface area contributed by atoms with E-state index in [4.69, 9.17) is 15.0 Å². The molecule has 2 aromatic heterocycles. The van der Waals surface area contributed by atoms with Crippen molar-refractivity contribution < 1.29 is 14.1 Å². The Bertz CT molecular complexity index is 910. The molecule has 0 saturated carbocycles. The quantitative estimate of drug-likeness (QED) is 0.832. The van der Waals surface area contributed by atoms with Gasteiger partial charge in [0, 0.05) is 30.6 Å². The maximum absolute atomic E-state index is 12.7. The number of pyridine rings is 1. The first-order chi connectivity index (χ1) is 11.5. The van der Waals surface area contributed by atoms with Crippen molar-refractivity contribution in [3.8, 4) is 0 Å². The van der Waals surface area contributed by atoms with Crippen molar-refractivity contribution in [2.45, 2.75) is 52.4 Å². The molecule has 3 rings (SSSR count). The average molecular weight is 345 g/mol. The lowest BCUT2D eigenvalue weighted by Crippen LogP contribution is -2.41. The van der Waals surface area contributed by atoms with Gasteiger partial charge in [-0.3, -0.25) is 9.59 Å². The number of primary amides is 1. The van der Waals surface area contributed by atoms with Gasteiger partial charge < -0.3 is 24.2 Å². The minimum absolute atomic E-state index is 0.190. The largest absolute Gasteiger partial charge is 0.497 e. The van der Waals surface area contributed by atoms with Crippen molar-refractivity contribution in [2.24, 2.45) is 12.8 Å². The van der Waals surface area contributed by atoms with Gasteiger partial charge in [0.1, 0.15) is 11.2 Å². The van der Waals surface area contributed by atoms with Crippen LogP contribution in [0, 0.1) is 0 Å². The molecular weight excluding hydrogens is 321 g/mol. The van der Waals surface area contributed by atoms with E-state index in [1.165, 1.54) is 4.57 Å². The maximum Gasteiger partial charge on any atom is 0.497 e. The highest BCUT2D eigenvalue weighted by Crippen LogP contribution is 2.37. The second kappa shape index (κ2) is 5.47. The summed E-state index contributed by atoms with van der Waals surface area (Å²) in [4.78, 5) is 24.5. The highest BCUT2D eigenvalue weighted by Gasteiger charge is 2.52. The molecule has 0 aliphatic carbocycles. The van der Waals surface area contributed by atoms with Crippen molar-refractivity contribution in [1.29, 1.82) is 0 Å². The molecule has 2 N–H and O–H groups in total. The zero-order valence-electron chi connectivity index (χ0n) is 15.5. The molecule has 7 nitrogen and oxygen atoms in total. The molecule has 0 spiro atoms. The Morgan fingerprint density at radius 3 is 2.28 bits per heavy atom. The standard InChI is InChI=1S/C17H24BN3O4/c1-7-21-12(14(19)22)8-10-11(9-20(6)15(23)13(10)21)18-24-16(2,3)17(4,5)25-18/h8-9H,7H2,1-6H3,(H2,19,22). The molecule has 3 heterocycles. The summed E-state index contributed by atoms with van der Waals surface area (Å²) in [7, 11) is 1.04. The summed E-state index contributed by atoms with van der Waals surface area (Å²) in [6.07, 6.45) is 1.71. The van der Waals surface area contributed by atoms with E-state index in [1.807, 2.05) is 34.6 Å². The number of nitrogens with zero attached hydrogens (tertiary/aromatic N) is 2. The van der Waals surface area contributed by atoms with Crippen LogP contribution >= 0.6 is 0 Å². The Balaban J connectivity index is 2.29. The molecule has 0 bridgehead atoms. The molecule has 0 radical (unpaired) electrons. The molecular formula is C17H24BN3O4. The predicted molar refractivity (Wildman–Crippen MR) is 97.1 cm³/mol. The van der Waals surface area contributed by atoms with Gasteiger partial charge in [0.15, 0.2) is 0 Å². The third-order valence-corrected chi connectivity index (χ3v) is 5.34. The highest BCUT2D eigenvalue weighted by atomic mass is 16.7. The fourth-order valence-corrected chi connectivity index (χ4v) is 3.19. The molecule has 134 valence electrons. The van der Waals surface area contributed by atoms with Crippen LogP contribution in [0.2, 0.25) is 0 Å². The Labute approximate surface area is 146 Å². The van der Waals surface area contributed by atoms with Gasteiger partial charge in [-0.1, -0.05) is 0 Å². The van der Waals surface area contributed by atoms with Gasteiger partial charge in [0.2, 0.25) is 0 Å². The molecule has 8 heteroatoms. The summed E-state index contributed by atoms with van der Waals surface area (Å²) in [5.41, 5.74) is 5.76. The van der Waals surface area contributed by atoms with Crippen LogP contribution in [0.15, 0.2) is 17.1 Å². The van der Waals surface area contributed by atoms with Gasteiger partial charge >= 0.3 is 7.12 Å². The van der Waals surface area contributed by atoms with E-state index in [2.05, 4.69) is 0 Å². The summed E-state index contributed by atoms with van der Waals surface area (Å²) in [5, 5.41) is 0.636. The van der Waals surface area contributed by atoms with Crippen molar-refractivity contribution in [3.05, 3.63) is 28.3 Å². The fraction of sp³-hybridized carbons (Fsp3) is 0.529. The molecule has 0 atom stereocenters. The minimum atomic E-state index is -0.632. The van der Waals surface area contributed by atoms with Gasteiger partial charge in [-0.25, -0.2) is 0 Å². The topological polar surface area (TPSA) is 88.5 Å². The van der Waals surface area contributed by atoms with Gasteiger partial charge in [0.25, 0.3) is 11.5 Å². The fourth-order valence-electron chi connectivity index (χ4n) is 3.19. The number of aryl methyl sites for hydroxylation is 2. The molecule has 0 aromatic carbocycles. The number of amides is 1. The van der Waals surface area contributed by atoms with Crippen LogP contribution in [0.25, 0.3) is 10.9 Å². The van der Waals surface area contributed by atoms with Crippen molar-refractivity contribution in [1.82, 2.24) is 9.13 Å². The number of rotatable bonds is 3. The van der Waals surface area contributed by atoms with Crippen LogP contribution in [0.4, 0.5) is 0 Å². The molecule has 1 amide bonds. The Hall–Kier alpha value is -2.06. The smallest absolute Gasteiger partial charge is 0.399 e. The summed E-state index contributed by atoms with van der Waals surface area (Å²) in [5.74, 6) is -0.569. The Kier molecular flexibility index (Phi) is 3.89. The third kappa shape index (κ3) is 2.51. The van der Waals surface area contributed by atoms with Crippen molar-refractivity contribution in [2.75, 3.05) is 0 Å². The van der Waals surface area contributed by atoms with Crippen molar-refractivity contribution in [3.63, 3.8) is 0 Å². The molecule has 25 heavy (non-hydrogen) atoms. The summed E-state index contributed by atoms with van der Waals surface area (Å²) >= 11 is 0. The van der Waals surface area contributed by atoms with Crippen molar-refractivity contribution >= 4 is 29.4 Å². The first-order valence-electron chi connectivity index (χ1n) is 8.38. The van der Waals surface area contributed by atoms with Gasteiger partial charge in [0.05, 0.1) is 11.2 Å². The average Bonchev–Trinajstić information content (AvgIpc) is 2.98. The number of hydrogen-bond acceptors (Lipinski definition) is 4. The van der Waals surface area contributed by atoms with E-state index in [1.54, 1.807) is 23.9 Å². The lowest BCUT2D eigenvalue weighted by Gasteiger charge is -2.32. The molecule has 1 saturated heterocycles. The second-order valence-corrected chi connectivity index (χ2v) is 7.49. The molecule has 1 aliphatic rings. The molecule has 0 unspecified atom stereocenters. The zero-order valence-corrected chi connectivity index (χ0v) is 15.5. The van der Waals surface area contributed by atoms with E-state index >= 15 is 0 Å². The first kappa shape index (κ1) is 17.8. The van der Waals surface area contributed by atoms with Crippen LogP contribution in [0.1, 0.15) is 45.1 Å². The van der Waals surface area contributed by atoms with Crippen LogP contribution < -0.4 is 16.8 Å². The lowest BCUT2D eigenvalue weighted by molar-refractivity contribution is 0.00578. The summed E-state index contributed by atoms with van der Waals surface area (Å²) in [6, 6.07) is 1.66. The van der Waals surface area contributed by atoms with Gasteiger partial charge in [-0.05, 0) is 40.7 Å². The number of carbonyl (C=O) groups excluding carboxylic acids is 1. The Morgan fingerprint density at radius 1 is 1.24 bits per heavy atom. The Morgan fingerprint density at radius 2 is 1.80 bits per heavy atom. The van der Waals surface area contributed by atoms with Gasteiger partial charge in [-0.15, -0.1) is 0 Å². The number of fused-ring (bicyclic) bond motifs is 1. The third-order valence-electron chi connectivity index (χ3n) is 5.34. The van der Waals surface area contributed by atoms with Crippen LogP contribution in [0.5, 0.6) is 0 Å². The number of aromatic nitrogens is 2. The van der Waals surface area contributed by atoms with E-state index in [0.717, 1.165) is 0 Å². The van der Waals surface area contributed by atoms with Crippen LogP contribution in [-0.4, -0.2) is 33.4 Å². The predicted octanol–water partition coefficient (Wildman–Crippen LogP) is 0.758. The van der Waals surface area contributed by atoms with Gasteiger partial charge in [-0.2, -0.15) is 0 Å². The van der Waals surface area contributed by atoms with E-state index in [9.17, 15) is 9.59 Å². The second-order valence-electron chi connectivity index (χ2n) is 7.49. The summed E-state index contributed by atoms with van der Waals surface area (Å²) in [6.45, 7) is 10.2. The normalized spacial score (nSPS) is 18.9. The SMILES string of the molecule is CCn1c(C(N)=O)cc2c(B3OC(C)(C)C(C)(C)O3)cn(C)c(=O)c21. The highest BCUT2D eigenvalue weighted by molar-refractivity contribution is 6.65. The maximum atomic E-state index is 12.7. The molecule has 2 aromatic rings. The lowest BCUT2D eigenvalue weighted by atomic mass is 9.78.